The number of anilines is 1. The van der Waals surface area contributed by atoms with Gasteiger partial charge in [-0.15, -0.1) is 11.8 Å². The molecule has 1 aromatic rings. The molecule has 0 aliphatic rings. The molecule has 0 fully saturated rings. The third-order valence-corrected chi connectivity index (χ3v) is 3.14. The van der Waals surface area contributed by atoms with Gasteiger partial charge in [0, 0.05) is 17.9 Å². The SMILES string of the molecule is CCCNc1ncnc(SCCO)c1CC. The van der Waals surface area contributed by atoms with Crippen LogP contribution in [0.25, 0.3) is 0 Å². The first-order valence-electron chi connectivity index (χ1n) is 5.64. The summed E-state index contributed by atoms with van der Waals surface area (Å²) >= 11 is 1.58. The van der Waals surface area contributed by atoms with Crippen LogP contribution in [0.4, 0.5) is 5.82 Å². The number of hydrogen-bond donors (Lipinski definition) is 2. The van der Waals surface area contributed by atoms with Gasteiger partial charge in [0.05, 0.1) is 6.61 Å². The molecule has 0 radical (unpaired) electrons. The van der Waals surface area contributed by atoms with Crippen molar-refractivity contribution in [3.63, 3.8) is 0 Å². The number of aromatic nitrogens is 2. The highest BCUT2D eigenvalue weighted by Gasteiger charge is 2.09. The van der Waals surface area contributed by atoms with Crippen molar-refractivity contribution in [3.8, 4) is 0 Å². The maximum atomic E-state index is 8.82. The number of rotatable bonds is 7. The Balaban J connectivity index is 2.82. The van der Waals surface area contributed by atoms with Crippen molar-refractivity contribution in [2.75, 3.05) is 24.2 Å². The minimum absolute atomic E-state index is 0.176. The number of hydrogen-bond acceptors (Lipinski definition) is 5. The highest BCUT2D eigenvalue weighted by Crippen LogP contribution is 2.24. The van der Waals surface area contributed by atoms with Crippen molar-refractivity contribution in [2.24, 2.45) is 0 Å². The van der Waals surface area contributed by atoms with Crippen LogP contribution in [0.2, 0.25) is 0 Å². The minimum atomic E-state index is 0.176. The Hall–Kier alpha value is -0.810. The summed E-state index contributed by atoms with van der Waals surface area (Å²) in [6, 6.07) is 0. The molecule has 0 atom stereocenters. The summed E-state index contributed by atoms with van der Waals surface area (Å²) in [6.45, 7) is 5.32. The van der Waals surface area contributed by atoms with Crippen LogP contribution in [0.5, 0.6) is 0 Å². The Morgan fingerprint density at radius 2 is 2.19 bits per heavy atom. The van der Waals surface area contributed by atoms with Crippen molar-refractivity contribution in [1.29, 1.82) is 0 Å². The standard InChI is InChI=1S/C11H19N3OS/c1-3-5-12-10-9(4-2)11(14-8-13-10)16-7-6-15/h8,15H,3-7H2,1-2H3,(H,12,13,14). The van der Waals surface area contributed by atoms with Crippen molar-refractivity contribution >= 4 is 17.6 Å². The fourth-order valence-corrected chi connectivity index (χ4v) is 2.20. The van der Waals surface area contributed by atoms with E-state index in [1.54, 1.807) is 18.1 Å². The maximum absolute atomic E-state index is 8.82. The summed E-state index contributed by atoms with van der Waals surface area (Å²) in [5.74, 6) is 1.61. The van der Waals surface area contributed by atoms with Crippen molar-refractivity contribution in [2.45, 2.75) is 31.7 Å². The first-order valence-corrected chi connectivity index (χ1v) is 6.63. The van der Waals surface area contributed by atoms with Gasteiger partial charge in [-0.2, -0.15) is 0 Å². The van der Waals surface area contributed by atoms with E-state index in [-0.39, 0.29) is 6.61 Å². The summed E-state index contributed by atoms with van der Waals surface area (Å²) < 4.78 is 0. The molecule has 0 spiro atoms. The van der Waals surface area contributed by atoms with Gasteiger partial charge in [-0.1, -0.05) is 13.8 Å². The maximum Gasteiger partial charge on any atom is 0.133 e. The van der Waals surface area contributed by atoms with Gasteiger partial charge in [0.1, 0.15) is 17.2 Å². The van der Waals surface area contributed by atoms with Gasteiger partial charge in [0.2, 0.25) is 0 Å². The van der Waals surface area contributed by atoms with Crippen LogP contribution in [0.15, 0.2) is 11.4 Å². The first-order chi connectivity index (χ1) is 7.83. The van der Waals surface area contributed by atoms with E-state index < -0.39 is 0 Å². The van der Waals surface area contributed by atoms with Crippen molar-refractivity contribution in [1.82, 2.24) is 9.97 Å². The second-order valence-electron chi connectivity index (χ2n) is 3.36. The molecule has 0 unspecified atom stereocenters. The van der Waals surface area contributed by atoms with Gasteiger partial charge < -0.3 is 10.4 Å². The van der Waals surface area contributed by atoms with E-state index in [1.165, 1.54) is 0 Å². The van der Waals surface area contributed by atoms with Crippen LogP contribution < -0.4 is 5.32 Å². The predicted octanol–water partition coefficient (Wildman–Crippen LogP) is 1.95. The molecule has 0 saturated carbocycles. The Morgan fingerprint density at radius 3 is 2.81 bits per heavy atom. The van der Waals surface area contributed by atoms with E-state index >= 15 is 0 Å². The molecular weight excluding hydrogens is 222 g/mol. The fourth-order valence-electron chi connectivity index (χ4n) is 1.38. The monoisotopic (exact) mass is 241 g/mol. The Labute approximate surface area is 101 Å². The van der Waals surface area contributed by atoms with E-state index in [1.807, 2.05) is 0 Å². The zero-order chi connectivity index (χ0) is 11.8. The van der Waals surface area contributed by atoms with Gasteiger partial charge in [-0.05, 0) is 12.8 Å². The van der Waals surface area contributed by atoms with Crippen LogP contribution in [-0.4, -0.2) is 34.0 Å². The number of nitrogens with one attached hydrogen (secondary N) is 1. The average Bonchev–Trinajstić information content (AvgIpc) is 2.33. The second-order valence-corrected chi connectivity index (χ2v) is 4.44. The quantitative estimate of drug-likeness (QED) is 0.564. The molecule has 16 heavy (non-hydrogen) atoms. The lowest BCUT2D eigenvalue weighted by Crippen LogP contribution is -2.07. The Kier molecular flexibility index (Phi) is 6.18. The molecule has 0 saturated heterocycles. The van der Waals surface area contributed by atoms with Crippen molar-refractivity contribution in [3.05, 3.63) is 11.9 Å². The number of nitrogens with zero attached hydrogens (tertiary/aromatic N) is 2. The van der Waals surface area contributed by atoms with Crippen LogP contribution in [0.3, 0.4) is 0 Å². The molecule has 5 heteroatoms. The largest absolute Gasteiger partial charge is 0.396 e. The molecule has 0 aliphatic heterocycles. The highest BCUT2D eigenvalue weighted by molar-refractivity contribution is 7.99. The minimum Gasteiger partial charge on any atom is -0.396 e. The third-order valence-electron chi connectivity index (χ3n) is 2.13. The number of aliphatic hydroxyl groups is 1. The first kappa shape index (κ1) is 13.3. The van der Waals surface area contributed by atoms with Crippen LogP contribution >= 0.6 is 11.8 Å². The summed E-state index contributed by atoms with van der Waals surface area (Å²) in [5.41, 5.74) is 1.15. The average molecular weight is 241 g/mol. The smallest absolute Gasteiger partial charge is 0.133 e. The lowest BCUT2D eigenvalue weighted by molar-refractivity contribution is 0.322. The summed E-state index contributed by atoms with van der Waals surface area (Å²) in [4.78, 5) is 8.51. The zero-order valence-electron chi connectivity index (χ0n) is 9.86. The van der Waals surface area contributed by atoms with Gasteiger partial charge >= 0.3 is 0 Å². The number of aliphatic hydroxyl groups excluding tert-OH is 1. The summed E-state index contributed by atoms with van der Waals surface area (Å²) in [6.07, 6.45) is 3.56. The van der Waals surface area contributed by atoms with E-state index in [0.717, 1.165) is 35.8 Å². The lowest BCUT2D eigenvalue weighted by atomic mass is 10.2. The Bertz CT molecular complexity index is 294. The van der Waals surface area contributed by atoms with Crippen LogP contribution in [0.1, 0.15) is 25.8 Å². The molecule has 0 bridgehead atoms. The lowest BCUT2D eigenvalue weighted by Gasteiger charge is -2.11. The molecule has 0 aromatic carbocycles. The third kappa shape index (κ3) is 3.64. The summed E-state index contributed by atoms with van der Waals surface area (Å²) in [5, 5.41) is 13.1. The van der Waals surface area contributed by atoms with Gasteiger partial charge in [0.15, 0.2) is 0 Å². The van der Waals surface area contributed by atoms with Gasteiger partial charge in [-0.3, -0.25) is 0 Å². The Morgan fingerprint density at radius 1 is 1.38 bits per heavy atom. The van der Waals surface area contributed by atoms with Crippen LogP contribution in [-0.2, 0) is 6.42 Å². The normalized spacial score (nSPS) is 10.4. The molecule has 0 amide bonds. The van der Waals surface area contributed by atoms with Gasteiger partial charge in [-0.25, -0.2) is 9.97 Å². The molecule has 0 aliphatic carbocycles. The second kappa shape index (κ2) is 7.46. The topological polar surface area (TPSA) is 58.0 Å². The van der Waals surface area contributed by atoms with Crippen LogP contribution in [0, 0.1) is 0 Å². The van der Waals surface area contributed by atoms with Gasteiger partial charge in [0.25, 0.3) is 0 Å². The van der Waals surface area contributed by atoms with E-state index in [2.05, 4.69) is 29.1 Å². The number of thioether (sulfide) groups is 1. The molecule has 90 valence electrons. The van der Waals surface area contributed by atoms with Crippen molar-refractivity contribution < 1.29 is 5.11 Å². The van der Waals surface area contributed by atoms with E-state index in [4.69, 9.17) is 5.11 Å². The summed E-state index contributed by atoms with van der Waals surface area (Å²) in [7, 11) is 0. The molecule has 2 N–H and O–H groups in total. The van der Waals surface area contributed by atoms with E-state index in [0.29, 0.717) is 5.75 Å². The van der Waals surface area contributed by atoms with E-state index in [9.17, 15) is 0 Å². The molecular formula is C11H19N3OS. The molecule has 1 aromatic heterocycles. The highest BCUT2D eigenvalue weighted by atomic mass is 32.2. The molecule has 1 heterocycles. The fraction of sp³-hybridized carbons (Fsp3) is 0.636. The predicted molar refractivity (Wildman–Crippen MR) is 68.0 cm³/mol. The molecule has 1 rings (SSSR count). The zero-order valence-corrected chi connectivity index (χ0v) is 10.7. The molecule has 4 nitrogen and oxygen atoms in total.